The molecule has 2 aliphatic rings. The maximum atomic E-state index is 13.3. The van der Waals surface area contributed by atoms with E-state index in [4.69, 9.17) is 0 Å². The Morgan fingerprint density at radius 3 is 2.81 bits per heavy atom. The van der Waals surface area contributed by atoms with Crippen molar-refractivity contribution in [1.29, 1.82) is 0 Å². The molecule has 0 saturated carbocycles. The van der Waals surface area contributed by atoms with E-state index in [1.165, 1.54) is 11.1 Å². The van der Waals surface area contributed by atoms with Crippen LogP contribution in [0, 0.1) is 12.8 Å². The average molecular weight is 375 g/mol. The fourth-order valence-electron chi connectivity index (χ4n) is 4.23. The smallest absolute Gasteiger partial charge is 0.275 e. The number of aromatic amines is 1. The molecule has 2 atom stereocenters. The number of piperidine rings is 1. The lowest BCUT2D eigenvalue weighted by Gasteiger charge is -2.40. The highest BCUT2D eigenvalue weighted by molar-refractivity contribution is 5.94. The first-order chi connectivity index (χ1) is 12.1. The van der Waals surface area contributed by atoms with Gasteiger partial charge in [0.15, 0.2) is 5.69 Å². The van der Waals surface area contributed by atoms with E-state index in [0.717, 1.165) is 50.2 Å². The summed E-state index contributed by atoms with van der Waals surface area (Å²) in [7, 11) is 0. The van der Waals surface area contributed by atoms with Gasteiger partial charge in [-0.25, -0.2) is 0 Å². The lowest BCUT2D eigenvalue weighted by molar-refractivity contribution is 0.0506. The molecule has 5 nitrogen and oxygen atoms in total. The molecule has 1 fully saturated rings. The van der Waals surface area contributed by atoms with Crippen LogP contribution in [-0.2, 0) is 13.0 Å². The number of nitrogens with one attached hydrogen (secondary N) is 2. The summed E-state index contributed by atoms with van der Waals surface area (Å²) < 4.78 is 0. The van der Waals surface area contributed by atoms with Crippen molar-refractivity contribution in [3.63, 3.8) is 0 Å². The number of H-pyrrole nitrogens is 1. The molecule has 0 radical (unpaired) electrons. The van der Waals surface area contributed by atoms with Gasteiger partial charge in [0.05, 0.1) is 6.04 Å². The van der Waals surface area contributed by atoms with Crippen LogP contribution < -0.4 is 5.32 Å². The van der Waals surface area contributed by atoms with Crippen molar-refractivity contribution >= 4 is 18.3 Å². The standard InChI is InChI=1S/C20H26N4O.ClH/c1-13-5-7-15(8-6-13)19-14(2)4-3-11-24(19)20(25)18-16-12-21-10-9-17(16)22-23-18;/h5-8,14,19,21H,3-4,9-12H2,1-2H3,(H,22,23);1H. The SMILES string of the molecule is Cc1ccc(C2C(C)CCCN2C(=O)c2n[nH]c3c2CNCC3)cc1.Cl. The van der Waals surface area contributed by atoms with Gasteiger partial charge in [-0.3, -0.25) is 9.89 Å². The zero-order valence-corrected chi connectivity index (χ0v) is 16.2. The van der Waals surface area contributed by atoms with Crippen LogP contribution in [0.1, 0.15) is 58.7 Å². The molecule has 6 heteroatoms. The van der Waals surface area contributed by atoms with Gasteiger partial charge in [0.25, 0.3) is 5.91 Å². The molecular weight excluding hydrogens is 348 g/mol. The van der Waals surface area contributed by atoms with Crippen LogP contribution in [-0.4, -0.2) is 34.1 Å². The second-order valence-corrected chi connectivity index (χ2v) is 7.43. The largest absolute Gasteiger partial charge is 0.330 e. The Morgan fingerprint density at radius 2 is 2.04 bits per heavy atom. The molecule has 26 heavy (non-hydrogen) atoms. The summed E-state index contributed by atoms with van der Waals surface area (Å²) in [6, 6.07) is 8.75. The number of hydrogen-bond acceptors (Lipinski definition) is 3. The first-order valence-electron chi connectivity index (χ1n) is 9.29. The van der Waals surface area contributed by atoms with Crippen molar-refractivity contribution < 1.29 is 4.79 Å². The molecule has 2 N–H and O–H groups in total. The van der Waals surface area contributed by atoms with Crippen LogP contribution in [0.25, 0.3) is 0 Å². The molecule has 2 unspecified atom stereocenters. The van der Waals surface area contributed by atoms with Gasteiger partial charge in [0.1, 0.15) is 0 Å². The second kappa shape index (κ2) is 7.80. The number of amides is 1. The minimum absolute atomic E-state index is 0. The van der Waals surface area contributed by atoms with E-state index < -0.39 is 0 Å². The van der Waals surface area contributed by atoms with Gasteiger partial charge in [-0.05, 0) is 31.2 Å². The Labute approximate surface area is 161 Å². The maximum absolute atomic E-state index is 13.3. The highest BCUT2D eigenvalue weighted by Gasteiger charge is 2.35. The first kappa shape index (κ1) is 18.9. The molecular formula is C20H27ClN4O. The third-order valence-electron chi connectivity index (χ3n) is 5.62. The molecule has 3 heterocycles. The molecule has 0 aliphatic carbocycles. The number of likely N-dealkylation sites (tertiary alicyclic amines) is 1. The summed E-state index contributed by atoms with van der Waals surface area (Å²) in [5.41, 5.74) is 5.25. The van der Waals surface area contributed by atoms with E-state index in [1.54, 1.807) is 0 Å². The lowest BCUT2D eigenvalue weighted by atomic mass is 9.85. The molecule has 4 rings (SSSR count). The number of carbonyl (C=O) groups is 1. The van der Waals surface area contributed by atoms with Crippen molar-refractivity contribution in [2.75, 3.05) is 13.1 Å². The van der Waals surface area contributed by atoms with Crippen molar-refractivity contribution in [2.24, 2.45) is 5.92 Å². The van der Waals surface area contributed by atoms with Gasteiger partial charge in [0, 0.05) is 37.3 Å². The molecule has 1 aromatic carbocycles. The van der Waals surface area contributed by atoms with Crippen LogP contribution in [0.5, 0.6) is 0 Å². The normalized spacial score (nSPS) is 22.5. The van der Waals surface area contributed by atoms with Crippen LogP contribution in [0.15, 0.2) is 24.3 Å². The molecule has 2 aromatic rings. The van der Waals surface area contributed by atoms with Gasteiger partial charge in [-0.2, -0.15) is 5.10 Å². The van der Waals surface area contributed by atoms with Crippen LogP contribution in [0.2, 0.25) is 0 Å². The third kappa shape index (κ3) is 3.38. The minimum atomic E-state index is 0. The van der Waals surface area contributed by atoms with Crippen LogP contribution >= 0.6 is 12.4 Å². The van der Waals surface area contributed by atoms with E-state index in [0.29, 0.717) is 11.6 Å². The molecule has 1 saturated heterocycles. The van der Waals surface area contributed by atoms with Gasteiger partial charge >= 0.3 is 0 Å². The zero-order valence-electron chi connectivity index (χ0n) is 15.4. The Bertz CT molecular complexity index is 771. The predicted octanol–water partition coefficient (Wildman–Crippen LogP) is 3.40. The highest BCUT2D eigenvalue weighted by atomic mass is 35.5. The summed E-state index contributed by atoms with van der Waals surface area (Å²) in [5, 5.41) is 10.8. The van der Waals surface area contributed by atoms with Gasteiger partial charge in [-0.15, -0.1) is 12.4 Å². The quantitative estimate of drug-likeness (QED) is 0.846. The Morgan fingerprint density at radius 1 is 1.27 bits per heavy atom. The topological polar surface area (TPSA) is 61.0 Å². The van der Waals surface area contributed by atoms with E-state index in [2.05, 4.69) is 53.6 Å². The Balaban J connectivity index is 0.00000196. The van der Waals surface area contributed by atoms with Crippen molar-refractivity contribution in [2.45, 2.75) is 45.7 Å². The summed E-state index contributed by atoms with van der Waals surface area (Å²) >= 11 is 0. The second-order valence-electron chi connectivity index (χ2n) is 7.43. The lowest BCUT2D eigenvalue weighted by Crippen LogP contribution is -2.42. The number of fused-ring (bicyclic) bond motifs is 1. The van der Waals surface area contributed by atoms with Crippen molar-refractivity contribution in [3.05, 3.63) is 52.3 Å². The number of hydrogen-bond donors (Lipinski definition) is 2. The summed E-state index contributed by atoms with van der Waals surface area (Å²) in [4.78, 5) is 15.4. The van der Waals surface area contributed by atoms with Crippen molar-refractivity contribution in [3.8, 4) is 0 Å². The summed E-state index contributed by atoms with van der Waals surface area (Å²) in [6.07, 6.45) is 3.12. The number of benzene rings is 1. The molecule has 0 spiro atoms. The van der Waals surface area contributed by atoms with Crippen LogP contribution in [0.3, 0.4) is 0 Å². The summed E-state index contributed by atoms with van der Waals surface area (Å²) in [6.45, 7) is 6.82. The number of carbonyl (C=O) groups excluding carboxylic acids is 1. The third-order valence-corrected chi connectivity index (χ3v) is 5.62. The zero-order chi connectivity index (χ0) is 17.4. The fraction of sp³-hybridized carbons (Fsp3) is 0.500. The van der Waals surface area contributed by atoms with E-state index in [-0.39, 0.29) is 24.4 Å². The van der Waals surface area contributed by atoms with E-state index in [1.807, 2.05) is 4.90 Å². The van der Waals surface area contributed by atoms with Crippen molar-refractivity contribution in [1.82, 2.24) is 20.4 Å². The molecule has 1 amide bonds. The van der Waals surface area contributed by atoms with Gasteiger partial charge in [-0.1, -0.05) is 36.8 Å². The number of halogens is 1. The van der Waals surface area contributed by atoms with Gasteiger partial charge < -0.3 is 10.2 Å². The molecule has 140 valence electrons. The first-order valence-corrected chi connectivity index (χ1v) is 9.29. The van der Waals surface area contributed by atoms with E-state index in [9.17, 15) is 4.79 Å². The number of aryl methyl sites for hydroxylation is 1. The number of nitrogens with zero attached hydrogens (tertiary/aromatic N) is 2. The number of rotatable bonds is 2. The highest BCUT2D eigenvalue weighted by Crippen LogP contribution is 2.37. The van der Waals surface area contributed by atoms with Crippen LogP contribution in [0.4, 0.5) is 0 Å². The Kier molecular flexibility index (Phi) is 5.68. The molecule has 1 aromatic heterocycles. The monoisotopic (exact) mass is 374 g/mol. The predicted molar refractivity (Wildman–Crippen MR) is 105 cm³/mol. The minimum Gasteiger partial charge on any atom is -0.330 e. The molecule has 2 aliphatic heterocycles. The molecule has 0 bridgehead atoms. The summed E-state index contributed by atoms with van der Waals surface area (Å²) in [5.74, 6) is 0.520. The average Bonchev–Trinajstić information content (AvgIpc) is 3.06. The fourth-order valence-corrected chi connectivity index (χ4v) is 4.23. The number of aromatic nitrogens is 2. The van der Waals surface area contributed by atoms with Gasteiger partial charge in [0.2, 0.25) is 0 Å². The van der Waals surface area contributed by atoms with E-state index >= 15 is 0 Å². The Hall–Kier alpha value is -1.85. The maximum Gasteiger partial charge on any atom is 0.275 e.